The van der Waals surface area contributed by atoms with Gasteiger partial charge in [0.2, 0.25) is 5.91 Å². The zero-order valence-corrected chi connectivity index (χ0v) is 13.1. The van der Waals surface area contributed by atoms with Crippen molar-refractivity contribution < 1.29 is 4.79 Å². The van der Waals surface area contributed by atoms with E-state index in [1.54, 1.807) is 19.0 Å². The van der Waals surface area contributed by atoms with Crippen LogP contribution < -0.4 is 5.32 Å². The Balaban J connectivity index is 2.14. The summed E-state index contributed by atoms with van der Waals surface area (Å²) in [6.45, 7) is 1.82. The lowest BCUT2D eigenvalue weighted by Crippen LogP contribution is -2.36. The number of nitrogens with one attached hydrogen (secondary N) is 1. The Morgan fingerprint density at radius 2 is 2.10 bits per heavy atom. The van der Waals surface area contributed by atoms with Crippen molar-refractivity contribution in [2.75, 3.05) is 19.4 Å². The van der Waals surface area contributed by atoms with Crippen LogP contribution in [0.2, 0.25) is 5.02 Å². The first-order valence-electron chi connectivity index (χ1n) is 6.17. The lowest BCUT2D eigenvalue weighted by atomic mass is 10.2. The Morgan fingerprint density at radius 3 is 2.75 bits per heavy atom. The van der Waals surface area contributed by atoms with Gasteiger partial charge in [0.25, 0.3) is 0 Å². The lowest BCUT2D eigenvalue weighted by Gasteiger charge is -2.17. The molecule has 0 aliphatic rings. The highest BCUT2D eigenvalue weighted by Crippen LogP contribution is 2.30. The Bertz CT molecular complexity index is 612. The molecule has 1 N–H and O–H groups in total. The van der Waals surface area contributed by atoms with E-state index in [9.17, 15) is 4.79 Å². The molecule has 0 bridgehead atoms. The molecule has 0 saturated heterocycles. The summed E-state index contributed by atoms with van der Waals surface area (Å²) in [6.07, 6.45) is 0. The predicted octanol–water partition coefficient (Wildman–Crippen LogP) is 3.35. The summed E-state index contributed by atoms with van der Waals surface area (Å²) >= 11 is 7.61. The maximum Gasteiger partial charge on any atom is 0.244 e. The Morgan fingerprint density at radius 1 is 1.40 bits per heavy atom. The number of nitrogens with zero attached hydrogens (tertiary/aromatic N) is 2. The van der Waals surface area contributed by atoms with E-state index in [-0.39, 0.29) is 11.9 Å². The van der Waals surface area contributed by atoms with Crippen LogP contribution in [0.1, 0.15) is 6.92 Å². The fourth-order valence-electron chi connectivity index (χ4n) is 1.77. The molecule has 0 aliphatic carbocycles. The van der Waals surface area contributed by atoms with Crippen molar-refractivity contribution in [2.45, 2.75) is 13.0 Å². The topological polar surface area (TPSA) is 45.2 Å². The number of hydrogen-bond acceptors (Lipinski definition) is 4. The summed E-state index contributed by atoms with van der Waals surface area (Å²) in [5, 5.41) is 6.41. The van der Waals surface area contributed by atoms with Gasteiger partial charge < -0.3 is 10.2 Å². The molecule has 106 valence electrons. The van der Waals surface area contributed by atoms with E-state index >= 15 is 0 Å². The van der Waals surface area contributed by atoms with Gasteiger partial charge in [0.15, 0.2) is 5.13 Å². The Kier molecular flexibility index (Phi) is 4.62. The van der Waals surface area contributed by atoms with Crippen LogP contribution in [0.15, 0.2) is 29.6 Å². The predicted molar refractivity (Wildman–Crippen MR) is 84.3 cm³/mol. The minimum Gasteiger partial charge on any atom is -0.350 e. The number of carbonyl (C=O) groups excluding carboxylic acids is 1. The molecule has 1 aromatic heterocycles. The molecule has 1 amide bonds. The highest BCUT2D eigenvalue weighted by atomic mass is 35.5. The number of thiazole rings is 1. The summed E-state index contributed by atoms with van der Waals surface area (Å²) in [6, 6.07) is 7.26. The van der Waals surface area contributed by atoms with Gasteiger partial charge in [-0.3, -0.25) is 4.79 Å². The Hall–Kier alpha value is -1.59. The molecule has 1 aromatic carbocycles. The lowest BCUT2D eigenvalue weighted by molar-refractivity contribution is -0.129. The normalized spacial score (nSPS) is 12.0. The standard InChI is InChI=1S/C14H16ClN3OS/c1-9(13(19)18(2)3)16-14-17-12(8-20-14)10-6-4-5-7-11(10)15/h4-9H,1-3H3,(H,16,17)/t9-/m0/s1. The van der Waals surface area contributed by atoms with Crippen molar-refractivity contribution in [1.29, 1.82) is 0 Å². The third-order valence-corrected chi connectivity index (χ3v) is 3.91. The summed E-state index contributed by atoms with van der Waals surface area (Å²) < 4.78 is 0. The highest BCUT2D eigenvalue weighted by Gasteiger charge is 2.16. The third-order valence-electron chi connectivity index (χ3n) is 2.81. The van der Waals surface area contributed by atoms with Crippen molar-refractivity contribution >= 4 is 34.0 Å². The molecule has 0 fully saturated rings. The van der Waals surface area contributed by atoms with E-state index in [2.05, 4.69) is 10.3 Å². The average molecular weight is 310 g/mol. The van der Waals surface area contributed by atoms with E-state index in [4.69, 9.17) is 11.6 Å². The molecule has 0 aliphatic heterocycles. The minimum absolute atomic E-state index is 0.0134. The zero-order chi connectivity index (χ0) is 14.7. The van der Waals surface area contributed by atoms with E-state index < -0.39 is 0 Å². The second-order valence-corrected chi connectivity index (χ2v) is 5.88. The van der Waals surface area contributed by atoms with Gasteiger partial charge in [0.1, 0.15) is 6.04 Å². The van der Waals surface area contributed by atoms with Gasteiger partial charge in [0, 0.05) is 30.1 Å². The van der Waals surface area contributed by atoms with Crippen LogP contribution in [0.5, 0.6) is 0 Å². The van der Waals surface area contributed by atoms with Crippen LogP contribution in [-0.4, -0.2) is 35.9 Å². The van der Waals surface area contributed by atoms with E-state index in [1.807, 2.05) is 36.6 Å². The number of benzene rings is 1. The van der Waals surface area contributed by atoms with Crippen LogP contribution in [0.4, 0.5) is 5.13 Å². The van der Waals surface area contributed by atoms with Gasteiger partial charge in [-0.05, 0) is 13.0 Å². The van der Waals surface area contributed by atoms with Gasteiger partial charge in [-0.15, -0.1) is 11.3 Å². The van der Waals surface area contributed by atoms with E-state index in [0.29, 0.717) is 10.2 Å². The van der Waals surface area contributed by atoms with Gasteiger partial charge in [-0.25, -0.2) is 4.98 Å². The molecule has 0 spiro atoms. The van der Waals surface area contributed by atoms with Crippen molar-refractivity contribution in [3.63, 3.8) is 0 Å². The number of halogens is 1. The molecule has 6 heteroatoms. The second kappa shape index (κ2) is 6.24. The summed E-state index contributed by atoms with van der Waals surface area (Å²) in [5.74, 6) is 0.0134. The molecule has 0 saturated carbocycles. The van der Waals surface area contributed by atoms with Crippen molar-refractivity contribution in [2.24, 2.45) is 0 Å². The quantitative estimate of drug-likeness (QED) is 0.942. The fraction of sp³-hybridized carbons (Fsp3) is 0.286. The van der Waals surface area contributed by atoms with Gasteiger partial charge in [-0.1, -0.05) is 29.8 Å². The minimum atomic E-state index is -0.310. The van der Waals surface area contributed by atoms with Crippen molar-refractivity contribution in [1.82, 2.24) is 9.88 Å². The van der Waals surface area contributed by atoms with E-state index in [0.717, 1.165) is 11.3 Å². The van der Waals surface area contributed by atoms with Crippen molar-refractivity contribution in [3.05, 3.63) is 34.7 Å². The maximum absolute atomic E-state index is 11.8. The third kappa shape index (κ3) is 3.29. The molecule has 1 heterocycles. The van der Waals surface area contributed by atoms with Crippen molar-refractivity contribution in [3.8, 4) is 11.3 Å². The van der Waals surface area contributed by atoms with Crippen LogP contribution in [0.25, 0.3) is 11.3 Å². The molecule has 20 heavy (non-hydrogen) atoms. The van der Waals surface area contributed by atoms with Gasteiger partial charge >= 0.3 is 0 Å². The Labute approximate surface area is 127 Å². The summed E-state index contributed by atoms with van der Waals surface area (Å²) in [7, 11) is 3.47. The molecule has 2 rings (SSSR count). The van der Waals surface area contributed by atoms with Crippen LogP contribution in [0, 0.1) is 0 Å². The number of rotatable bonds is 4. The number of hydrogen-bond donors (Lipinski definition) is 1. The molecule has 4 nitrogen and oxygen atoms in total. The average Bonchev–Trinajstić information content (AvgIpc) is 2.86. The molecule has 1 atom stereocenters. The first kappa shape index (κ1) is 14.8. The molecular formula is C14H16ClN3OS. The number of likely N-dealkylation sites (N-methyl/N-ethyl adjacent to an activating group) is 1. The van der Waals surface area contributed by atoms with E-state index in [1.165, 1.54) is 11.3 Å². The molecular weight excluding hydrogens is 294 g/mol. The first-order valence-corrected chi connectivity index (χ1v) is 7.43. The van der Waals surface area contributed by atoms with Gasteiger partial charge in [-0.2, -0.15) is 0 Å². The highest BCUT2D eigenvalue weighted by molar-refractivity contribution is 7.14. The first-order chi connectivity index (χ1) is 9.49. The molecule has 0 radical (unpaired) electrons. The van der Waals surface area contributed by atoms with Crippen LogP contribution in [-0.2, 0) is 4.79 Å². The maximum atomic E-state index is 11.8. The van der Waals surface area contributed by atoms with Crippen LogP contribution in [0.3, 0.4) is 0 Å². The zero-order valence-electron chi connectivity index (χ0n) is 11.6. The number of carbonyl (C=O) groups is 1. The largest absolute Gasteiger partial charge is 0.350 e. The number of aromatic nitrogens is 1. The molecule has 0 unspecified atom stereocenters. The van der Waals surface area contributed by atoms with Crippen LogP contribution >= 0.6 is 22.9 Å². The van der Waals surface area contributed by atoms with Gasteiger partial charge in [0.05, 0.1) is 5.69 Å². The smallest absolute Gasteiger partial charge is 0.244 e. The monoisotopic (exact) mass is 309 g/mol. The second-order valence-electron chi connectivity index (χ2n) is 4.62. The number of anilines is 1. The number of amides is 1. The molecule has 2 aromatic rings. The SMILES string of the molecule is C[C@H](Nc1nc(-c2ccccc2Cl)cs1)C(=O)N(C)C. The summed E-state index contributed by atoms with van der Waals surface area (Å²) in [5.41, 5.74) is 1.71. The fourth-order valence-corrected chi connectivity index (χ4v) is 2.80. The summed E-state index contributed by atoms with van der Waals surface area (Å²) in [4.78, 5) is 17.8.